The molecule has 4 nitrogen and oxygen atoms in total. The van der Waals surface area contributed by atoms with E-state index >= 15 is 0 Å². The third-order valence-corrected chi connectivity index (χ3v) is 4.28. The number of halogens is 2. The first-order valence-electron chi connectivity index (χ1n) is 6.19. The fraction of sp³-hybridized carbons (Fsp3) is 0.0667. The molecule has 0 amide bonds. The molecule has 2 aromatic rings. The Bertz CT molecular complexity index is 787. The smallest absolute Gasteiger partial charge is 0.255 e. The summed E-state index contributed by atoms with van der Waals surface area (Å²) in [6, 6.07) is 11.4. The van der Waals surface area contributed by atoms with E-state index in [2.05, 4.69) is 4.72 Å². The molecule has 0 aliphatic rings. The number of hydrogen-bond acceptors (Lipinski definition) is 3. The van der Waals surface area contributed by atoms with Crippen molar-refractivity contribution in [3.63, 3.8) is 0 Å². The van der Waals surface area contributed by atoms with Crippen molar-refractivity contribution < 1.29 is 13.2 Å². The Hall–Kier alpha value is -1.69. The SMILES string of the molecule is COc1ccc(NS(=O)(=O)/C=C/c2ccc(Cl)cc2)cc1Cl. The van der Waals surface area contributed by atoms with Crippen LogP contribution in [0, 0.1) is 0 Å². The van der Waals surface area contributed by atoms with Crippen molar-refractivity contribution in [2.24, 2.45) is 0 Å². The van der Waals surface area contributed by atoms with Gasteiger partial charge in [0, 0.05) is 5.02 Å². The van der Waals surface area contributed by atoms with E-state index in [9.17, 15) is 8.42 Å². The summed E-state index contributed by atoms with van der Waals surface area (Å²) in [6.07, 6.45) is 1.48. The Balaban J connectivity index is 2.14. The molecule has 1 N–H and O–H groups in total. The predicted octanol–water partition coefficient (Wildman–Crippen LogP) is 4.41. The van der Waals surface area contributed by atoms with Crippen LogP contribution in [0.5, 0.6) is 5.75 Å². The van der Waals surface area contributed by atoms with Crippen LogP contribution in [0.3, 0.4) is 0 Å². The Labute approximate surface area is 139 Å². The zero-order chi connectivity index (χ0) is 16.2. The Morgan fingerprint density at radius 3 is 2.36 bits per heavy atom. The van der Waals surface area contributed by atoms with E-state index in [0.29, 0.717) is 21.5 Å². The fourth-order valence-corrected chi connectivity index (χ4v) is 2.91. The summed E-state index contributed by atoms with van der Waals surface area (Å²) in [7, 11) is -2.16. The highest BCUT2D eigenvalue weighted by atomic mass is 35.5. The summed E-state index contributed by atoms with van der Waals surface area (Å²) >= 11 is 11.7. The second-order valence-corrected chi connectivity index (χ2v) is 6.76. The third-order valence-electron chi connectivity index (χ3n) is 2.72. The quantitative estimate of drug-likeness (QED) is 0.861. The molecule has 0 unspecified atom stereocenters. The lowest BCUT2D eigenvalue weighted by Crippen LogP contribution is -2.08. The summed E-state index contributed by atoms with van der Waals surface area (Å²) in [5.74, 6) is 0.473. The van der Waals surface area contributed by atoms with Crippen molar-refractivity contribution in [3.8, 4) is 5.75 Å². The molecule has 0 bridgehead atoms. The van der Waals surface area contributed by atoms with Gasteiger partial charge in [-0.15, -0.1) is 0 Å². The van der Waals surface area contributed by atoms with Crippen LogP contribution in [0.4, 0.5) is 5.69 Å². The molecule has 22 heavy (non-hydrogen) atoms. The van der Waals surface area contributed by atoms with Gasteiger partial charge in [0.1, 0.15) is 5.75 Å². The predicted molar refractivity (Wildman–Crippen MR) is 91.0 cm³/mol. The molecule has 0 aromatic heterocycles. The number of ether oxygens (including phenoxy) is 1. The van der Waals surface area contributed by atoms with Crippen molar-refractivity contribution in [1.29, 1.82) is 0 Å². The van der Waals surface area contributed by atoms with Crippen molar-refractivity contribution in [2.75, 3.05) is 11.8 Å². The van der Waals surface area contributed by atoms with Gasteiger partial charge in [-0.2, -0.15) is 0 Å². The molecule has 0 heterocycles. The number of benzene rings is 2. The van der Waals surface area contributed by atoms with E-state index in [0.717, 1.165) is 11.0 Å². The van der Waals surface area contributed by atoms with Gasteiger partial charge in [0.25, 0.3) is 10.0 Å². The molecule has 0 spiro atoms. The number of anilines is 1. The minimum absolute atomic E-state index is 0.324. The van der Waals surface area contributed by atoms with Crippen molar-refractivity contribution in [1.82, 2.24) is 0 Å². The van der Waals surface area contributed by atoms with Gasteiger partial charge in [-0.25, -0.2) is 8.42 Å². The van der Waals surface area contributed by atoms with Gasteiger partial charge in [0.2, 0.25) is 0 Å². The molecule has 0 radical (unpaired) electrons. The van der Waals surface area contributed by atoms with E-state index in [1.807, 2.05) is 0 Å². The Morgan fingerprint density at radius 2 is 1.77 bits per heavy atom. The Kier molecular flexibility index (Phi) is 5.34. The maximum absolute atomic E-state index is 12.0. The molecule has 116 valence electrons. The number of rotatable bonds is 5. The van der Waals surface area contributed by atoms with Gasteiger partial charge in [0.15, 0.2) is 0 Å². The number of sulfonamides is 1. The lowest BCUT2D eigenvalue weighted by molar-refractivity contribution is 0.415. The second kappa shape index (κ2) is 7.05. The molecule has 0 saturated heterocycles. The lowest BCUT2D eigenvalue weighted by atomic mass is 10.2. The van der Waals surface area contributed by atoms with Crippen LogP contribution < -0.4 is 9.46 Å². The normalized spacial score (nSPS) is 11.6. The third kappa shape index (κ3) is 4.66. The van der Waals surface area contributed by atoms with Gasteiger partial charge < -0.3 is 4.74 Å². The molecule has 2 rings (SSSR count). The van der Waals surface area contributed by atoms with E-state index in [-0.39, 0.29) is 0 Å². The van der Waals surface area contributed by atoms with Crippen LogP contribution in [0.2, 0.25) is 10.0 Å². The molecule has 2 aromatic carbocycles. The van der Waals surface area contributed by atoms with Crippen molar-refractivity contribution >= 4 is 45.0 Å². The minimum atomic E-state index is -3.64. The maximum atomic E-state index is 12.0. The van der Waals surface area contributed by atoms with Gasteiger partial charge in [-0.1, -0.05) is 35.3 Å². The standard InChI is InChI=1S/C15H13Cl2NO3S/c1-21-15-7-6-13(10-14(15)17)18-22(19,20)9-8-11-2-4-12(16)5-3-11/h2-10,18H,1H3/b9-8+. The van der Waals surface area contributed by atoms with E-state index in [1.54, 1.807) is 36.4 Å². The average Bonchev–Trinajstić information content (AvgIpc) is 2.46. The lowest BCUT2D eigenvalue weighted by Gasteiger charge is -2.07. The van der Waals surface area contributed by atoms with E-state index < -0.39 is 10.0 Å². The van der Waals surface area contributed by atoms with Crippen LogP contribution in [-0.2, 0) is 10.0 Å². The van der Waals surface area contributed by atoms with Crippen molar-refractivity contribution in [3.05, 3.63) is 63.5 Å². The molecular weight excluding hydrogens is 345 g/mol. The topological polar surface area (TPSA) is 55.4 Å². The van der Waals surface area contributed by atoms with Crippen LogP contribution in [0.15, 0.2) is 47.9 Å². The van der Waals surface area contributed by atoms with Gasteiger partial charge >= 0.3 is 0 Å². The number of nitrogens with one attached hydrogen (secondary N) is 1. The average molecular weight is 358 g/mol. The first-order chi connectivity index (χ1) is 10.4. The molecular formula is C15H13Cl2NO3S. The zero-order valence-electron chi connectivity index (χ0n) is 11.6. The van der Waals surface area contributed by atoms with Crippen LogP contribution >= 0.6 is 23.2 Å². The van der Waals surface area contributed by atoms with Crippen LogP contribution in [0.25, 0.3) is 6.08 Å². The van der Waals surface area contributed by atoms with Gasteiger partial charge in [-0.3, -0.25) is 4.72 Å². The summed E-state index contributed by atoms with van der Waals surface area (Å²) < 4.78 is 31.4. The summed E-state index contributed by atoms with van der Waals surface area (Å²) in [5, 5.41) is 1.99. The highest BCUT2D eigenvalue weighted by Crippen LogP contribution is 2.27. The van der Waals surface area contributed by atoms with Gasteiger partial charge in [0.05, 0.1) is 23.2 Å². The number of methoxy groups -OCH3 is 1. The number of hydrogen-bond donors (Lipinski definition) is 1. The van der Waals surface area contributed by atoms with Crippen LogP contribution in [-0.4, -0.2) is 15.5 Å². The first-order valence-corrected chi connectivity index (χ1v) is 8.50. The molecule has 0 atom stereocenters. The fourth-order valence-electron chi connectivity index (χ4n) is 1.67. The monoisotopic (exact) mass is 357 g/mol. The van der Waals surface area contributed by atoms with E-state index in [4.69, 9.17) is 27.9 Å². The van der Waals surface area contributed by atoms with Gasteiger partial charge in [-0.05, 0) is 42.0 Å². The summed E-state index contributed by atoms with van der Waals surface area (Å²) in [4.78, 5) is 0. The second-order valence-electron chi connectivity index (χ2n) is 4.35. The zero-order valence-corrected chi connectivity index (χ0v) is 13.9. The first kappa shape index (κ1) is 16.7. The molecule has 0 aliphatic carbocycles. The largest absolute Gasteiger partial charge is 0.495 e. The molecule has 7 heteroatoms. The van der Waals surface area contributed by atoms with Crippen molar-refractivity contribution in [2.45, 2.75) is 0 Å². The molecule has 0 aliphatic heterocycles. The highest BCUT2D eigenvalue weighted by Gasteiger charge is 2.08. The summed E-state index contributed by atoms with van der Waals surface area (Å²) in [5.41, 5.74) is 1.08. The van der Waals surface area contributed by atoms with Crippen LogP contribution in [0.1, 0.15) is 5.56 Å². The highest BCUT2D eigenvalue weighted by molar-refractivity contribution is 7.95. The Morgan fingerprint density at radius 1 is 1.09 bits per heavy atom. The van der Waals surface area contributed by atoms with E-state index in [1.165, 1.54) is 19.3 Å². The minimum Gasteiger partial charge on any atom is -0.495 e. The maximum Gasteiger partial charge on any atom is 0.255 e. The summed E-state index contributed by atoms with van der Waals surface area (Å²) in [6.45, 7) is 0. The molecule has 0 saturated carbocycles. The molecule has 0 fully saturated rings.